The molecule has 0 spiro atoms. The predicted octanol–water partition coefficient (Wildman–Crippen LogP) is 3.58. The molecule has 1 saturated heterocycles. The van der Waals surface area contributed by atoms with Gasteiger partial charge in [0.25, 0.3) is 5.91 Å². The van der Waals surface area contributed by atoms with Crippen LogP contribution in [0.1, 0.15) is 12.5 Å². The Bertz CT molecular complexity index is 1380. The van der Waals surface area contributed by atoms with Gasteiger partial charge >= 0.3 is 0 Å². The molecule has 0 saturated carbocycles. The molecule has 2 aromatic carbocycles. The number of carbonyl (C=O) groups is 1. The van der Waals surface area contributed by atoms with E-state index in [2.05, 4.69) is 15.3 Å². The molecule has 1 fully saturated rings. The molecule has 12 heteroatoms. The van der Waals surface area contributed by atoms with Crippen molar-refractivity contribution in [2.75, 3.05) is 18.6 Å². The van der Waals surface area contributed by atoms with Crippen molar-refractivity contribution in [3.05, 3.63) is 58.2 Å². The van der Waals surface area contributed by atoms with Gasteiger partial charge in [-0.25, -0.2) is 9.67 Å². The number of aliphatic hydroxyl groups excluding tert-OH is 2. The number of nitrogens with zero attached hydrogens (tertiary/aromatic N) is 5. The molecule has 4 atom stereocenters. The van der Waals surface area contributed by atoms with Crippen molar-refractivity contribution in [1.82, 2.24) is 20.0 Å². The summed E-state index contributed by atoms with van der Waals surface area (Å²) < 4.78 is 8.26. The zero-order valence-electron chi connectivity index (χ0n) is 18.5. The van der Waals surface area contributed by atoms with Crippen LogP contribution in [0.25, 0.3) is 21.5 Å². The second-order valence-corrected chi connectivity index (χ2v) is 9.95. The number of amides is 1. The summed E-state index contributed by atoms with van der Waals surface area (Å²) in [5.74, 6) is -0.297. The van der Waals surface area contributed by atoms with Crippen LogP contribution in [0, 0.1) is 0 Å². The Labute approximate surface area is 214 Å². The number of rotatable bonds is 5. The maximum absolute atomic E-state index is 13.4. The van der Waals surface area contributed by atoms with E-state index in [0.717, 1.165) is 10.2 Å². The minimum absolute atomic E-state index is 0.147. The van der Waals surface area contributed by atoms with Gasteiger partial charge in [0.1, 0.15) is 24.0 Å². The van der Waals surface area contributed by atoms with E-state index in [1.54, 1.807) is 37.0 Å². The second kappa shape index (κ2) is 9.81. The second-order valence-electron chi connectivity index (χ2n) is 8.25. The van der Waals surface area contributed by atoms with E-state index in [1.807, 2.05) is 18.2 Å². The molecular formula is C23H21Cl2N5O4S. The van der Waals surface area contributed by atoms with Gasteiger partial charge in [0.2, 0.25) is 0 Å². The Balaban J connectivity index is 1.39. The molecule has 1 amide bonds. The molecule has 35 heavy (non-hydrogen) atoms. The third-order valence-electron chi connectivity index (χ3n) is 6.12. The van der Waals surface area contributed by atoms with Crippen LogP contribution in [0.2, 0.25) is 10.0 Å². The van der Waals surface area contributed by atoms with Crippen LogP contribution in [-0.4, -0.2) is 68.1 Å². The van der Waals surface area contributed by atoms with Crippen molar-refractivity contribution in [2.45, 2.75) is 30.8 Å². The molecule has 0 unspecified atom stereocenters. The van der Waals surface area contributed by atoms with Crippen LogP contribution >= 0.6 is 34.5 Å². The van der Waals surface area contributed by atoms with Crippen molar-refractivity contribution in [3.8, 4) is 11.3 Å². The molecule has 4 aromatic rings. The zero-order chi connectivity index (χ0) is 24.7. The first kappa shape index (κ1) is 24.1. The highest BCUT2D eigenvalue weighted by atomic mass is 35.5. The number of aromatic nitrogens is 4. The minimum Gasteiger partial charge on any atom is -0.394 e. The first-order valence-corrected chi connectivity index (χ1v) is 12.4. The fourth-order valence-electron chi connectivity index (χ4n) is 4.15. The van der Waals surface area contributed by atoms with Crippen LogP contribution in [0.3, 0.4) is 0 Å². The highest BCUT2D eigenvalue weighted by Crippen LogP contribution is 2.33. The van der Waals surface area contributed by atoms with Crippen LogP contribution < -0.4 is 4.90 Å². The molecule has 5 rings (SSSR count). The number of anilines is 1. The number of benzene rings is 2. The van der Waals surface area contributed by atoms with E-state index < -0.39 is 31.0 Å². The molecule has 1 aliphatic heterocycles. The van der Waals surface area contributed by atoms with Gasteiger partial charge in [-0.3, -0.25) is 4.79 Å². The summed E-state index contributed by atoms with van der Waals surface area (Å²) in [6, 6.07) is 10.0. The van der Waals surface area contributed by atoms with Crippen LogP contribution in [-0.2, 0) is 9.53 Å². The van der Waals surface area contributed by atoms with E-state index >= 15 is 0 Å². The Morgan fingerprint density at radius 1 is 1.26 bits per heavy atom. The SMILES string of the molecule is CN(C(=O)[C@H]1C[C@@H](n2cc(-c3ccc(Cl)c(Cl)c3)nn2)[C@@H](O)[C@@H](CO)O1)c1ccc2ncsc2c1. The zero-order valence-corrected chi connectivity index (χ0v) is 20.8. The van der Waals surface area contributed by atoms with Crippen LogP contribution in [0.5, 0.6) is 0 Å². The smallest absolute Gasteiger partial charge is 0.255 e. The maximum atomic E-state index is 13.4. The normalized spacial score (nSPS) is 22.4. The molecule has 9 nitrogen and oxygen atoms in total. The Kier molecular flexibility index (Phi) is 6.75. The van der Waals surface area contributed by atoms with Crippen molar-refractivity contribution in [1.29, 1.82) is 0 Å². The van der Waals surface area contributed by atoms with Gasteiger partial charge in [-0.1, -0.05) is 34.5 Å². The molecule has 3 heterocycles. The number of hydrogen-bond donors (Lipinski definition) is 2. The van der Waals surface area contributed by atoms with Crippen molar-refractivity contribution in [3.63, 3.8) is 0 Å². The largest absolute Gasteiger partial charge is 0.394 e. The lowest BCUT2D eigenvalue weighted by Crippen LogP contribution is -2.52. The van der Waals surface area contributed by atoms with E-state index in [4.69, 9.17) is 27.9 Å². The molecule has 182 valence electrons. The third kappa shape index (κ3) is 4.65. The molecule has 2 N–H and O–H groups in total. The van der Waals surface area contributed by atoms with Gasteiger partial charge in [-0.15, -0.1) is 16.4 Å². The van der Waals surface area contributed by atoms with E-state index in [9.17, 15) is 15.0 Å². The van der Waals surface area contributed by atoms with Crippen LogP contribution in [0.15, 0.2) is 48.1 Å². The summed E-state index contributed by atoms with van der Waals surface area (Å²) in [6.45, 7) is -0.452. The van der Waals surface area contributed by atoms with Gasteiger partial charge in [0.05, 0.1) is 44.6 Å². The van der Waals surface area contributed by atoms with Gasteiger partial charge in [0.15, 0.2) is 0 Å². The summed E-state index contributed by atoms with van der Waals surface area (Å²) in [4.78, 5) is 19.1. The number of fused-ring (bicyclic) bond motifs is 1. The average molecular weight is 534 g/mol. The monoisotopic (exact) mass is 533 g/mol. The standard InChI is InChI=1S/C23H21Cl2N5O4S/c1-29(13-3-5-16-21(7-13)35-11-26-16)23(33)19-8-18(22(32)20(10-31)34-19)30-9-17(27-28-30)12-2-4-14(24)15(25)6-12/h2-7,9,11,18-20,22,31-32H,8,10H2,1H3/t18-,19-,20-,22-/m1/s1. The Hall–Kier alpha value is -2.60. The number of thiazole rings is 1. The molecule has 0 radical (unpaired) electrons. The van der Waals surface area contributed by atoms with E-state index in [0.29, 0.717) is 27.0 Å². The molecular weight excluding hydrogens is 513 g/mol. The summed E-state index contributed by atoms with van der Waals surface area (Å²) in [5, 5.41) is 29.9. The van der Waals surface area contributed by atoms with Gasteiger partial charge in [-0.2, -0.15) is 0 Å². The first-order chi connectivity index (χ1) is 16.9. The van der Waals surface area contributed by atoms with E-state index in [1.165, 1.54) is 20.9 Å². The highest BCUT2D eigenvalue weighted by Gasteiger charge is 2.42. The number of likely N-dealkylation sites (N-methyl/N-ethyl adjacent to an activating group) is 1. The number of ether oxygens (including phenoxy) is 1. The maximum Gasteiger partial charge on any atom is 0.255 e. The van der Waals surface area contributed by atoms with Gasteiger partial charge in [-0.05, 0) is 30.3 Å². The fraction of sp³-hybridized carbons (Fsp3) is 0.304. The minimum atomic E-state index is -1.09. The lowest BCUT2D eigenvalue weighted by Gasteiger charge is -2.39. The van der Waals surface area contributed by atoms with Crippen molar-refractivity contribution in [2.24, 2.45) is 0 Å². The summed E-state index contributed by atoms with van der Waals surface area (Å²) >= 11 is 13.6. The lowest BCUT2D eigenvalue weighted by molar-refractivity contribution is -0.169. The molecule has 0 bridgehead atoms. The average Bonchev–Trinajstić information content (AvgIpc) is 3.54. The number of halogens is 2. The molecule has 2 aromatic heterocycles. The Morgan fingerprint density at radius 2 is 2.09 bits per heavy atom. The summed E-state index contributed by atoms with van der Waals surface area (Å²) in [6.07, 6.45) is -1.14. The van der Waals surface area contributed by atoms with Gasteiger partial charge < -0.3 is 19.8 Å². The number of hydrogen-bond acceptors (Lipinski definition) is 8. The Morgan fingerprint density at radius 3 is 2.86 bits per heavy atom. The summed E-state index contributed by atoms with van der Waals surface area (Å²) in [7, 11) is 1.67. The van der Waals surface area contributed by atoms with Crippen LogP contribution in [0.4, 0.5) is 5.69 Å². The quantitative estimate of drug-likeness (QED) is 0.403. The first-order valence-electron chi connectivity index (χ1n) is 10.8. The fourth-order valence-corrected chi connectivity index (χ4v) is 5.16. The van der Waals surface area contributed by atoms with Crippen molar-refractivity contribution < 1.29 is 19.7 Å². The van der Waals surface area contributed by atoms with Crippen molar-refractivity contribution >= 4 is 56.3 Å². The highest BCUT2D eigenvalue weighted by molar-refractivity contribution is 7.16. The molecule has 0 aliphatic carbocycles. The number of aliphatic hydroxyl groups is 2. The topological polar surface area (TPSA) is 114 Å². The predicted molar refractivity (Wildman–Crippen MR) is 134 cm³/mol. The number of carbonyl (C=O) groups excluding carboxylic acids is 1. The third-order valence-corrected chi connectivity index (χ3v) is 7.65. The lowest BCUT2D eigenvalue weighted by atomic mass is 9.94. The summed E-state index contributed by atoms with van der Waals surface area (Å²) in [5.41, 5.74) is 4.54. The molecule has 1 aliphatic rings. The van der Waals surface area contributed by atoms with Gasteiger partial charge in [0, 0.05) is 24.7 Å². The van der Waals surface area contributed by atoms with E-state index in [-0.39, 0.29) is 12.3 Å².